The van der Waals surface area contributed by atoms with Crippen molar-refractivity contribution in [2.75, 3.05) is 9.80 Å². The Labute approximate surface area is 368 Å². The summed E-state index contributed by atoms with van der Waals surface area (Å²) in [6, 6.07) is 56.6. The number of hydrogen-bond donors (Lipinski definition) is 0. The highest BCUT2D eigenvalue weighted by molar-refractivity contribution is 6.24. The topological polar surface area (TPSA) is 6.48 Å². The molecule has 0 radical (unpaired) electrons. The van der Waals surface area contributed by atoms with E-state index in [-0.39, 0.29) is 21.9 Å². The summed E-state index contributed by atoms with van der Waals surface area (Å²) in [5.41, 5.74) is 13.9. The van der Waals surface area contributed by atoms with E-state index in [2.05, 4.69) is 183 Å². The van der Waals surface area contributed by atoms with Crippen molar-refractivity contribution in [3.8, 4) is 22.3 Å². The van der Waals surface area contributed by atoms with Gasteiger partial charge in [0, 0.05) is 33.6 Å². The van der Waals surface area contributed by atoms with Gasteiger partial charge in [-0.05, 0) is 178 Å². The molecule has 0 spiro atoms. The maximum atomic E-state index is 2.71. The van der Waals surface area contributed by atoms with Crippen LogP contribution >= 0.6 is 0 Å². The highest BCUT2D eigenvalue weighted by atomic mass is 15.3. The van der Waals surface area contributed by atoms with Crippen LogP contribution < -0.4 is 9.80 Å². The van der Waals surface area contributed by atoms with E-state index in [9.17, 15) is 0 Å². The summed E-state index contributed by atoms with van der Waals surface area (Å²) in [5, 5.41) is 8.07. The monoisotopic (exact) mass is 808 g/mol. The zero-order valence-corrected chi connectivity index (χ0v) is 37.2. The van der Waals surface area contributed by atoms with E-state index in [1.165, 1.54) is 165 Å². The maximum absolute atomic E-state index is 2.71. The van der Waals surface area contributed by atoms with Crippen molar-refractivity contribution in [1.29, 1.82) is 0 Å². The predicted molar refractivity (Wildman–Crippen MR) is 265 cm³/mol. The molecule has 4 unspecified atom stereocenters. The van der Waals surface area contributed by atoms with Gasteiger partial charge in [0.05, 0.1) is 11.1 Å². The molecule has 12 rings (SSSR count). The molecule has 4 aliphatic rings. The Morgan fingerprint density at radius 1 is 0.339 bits per heavy atom. The molecule has 0 aromatic heterocycles. The van der Waals surface area contributed by atoms with Crippen LogP contribution in [0.5, 0.6) is 0 Å². The number of anilines is 4. The molecule has 2 aliphatic carbocycles. The number of para-hydroxylation sites is 2. The molecule has 310 valence electrons. The molecule has 0 saturated heterocycles. The third-order valence-electron chi connectivity index (χ3n) is 17.4. The second-order valence-electron chi connectivity index (χ2n) is 20.6. The molecule has 8 aromatic rings. The van der Waals surface area contributed by atoms with Crippen molar-refractivity contribution >= 4 is 55.1 Å². The number of benzene rings is 8. The van der Waals surface area contributed by atoms with Crippen LogP contribution in [-0.2, 0) is 10.8 Å². The average Bonchev–Trinajstić information content (AvgIpc) is 3.59. The quantitative estimate of drug-likeness (QED) is 0.163. The standard InChI is InChI=1S/C60H60N2/c1-57-31-15-5-7-17-33-59(57,3)61(49-19-11-9-12-20-49)53-29-27-41(39-51(53)57)47-35-43-23-25-45-37-48(38-46-26-24-44(36-47)55(43)56(45)46)42-28-30-54-52(40-42)58(2)32-16-6-8-18-34-60(58,4)62(54)50-21-13-10-14-22-50/h9-14,19-30,35-40H,5-8,15-18,31-34H2,1-4H3. The molecule has 2 fully saturated rings. The van der Waals surface area contributed by atoms with Crippen molar-refractivity contribution in [2.45, 2.75) is 127 Å². The van der Waals surface area contributed by atoms with Crippen molar-refractivity contribution in [3.05, 3.63) is 157 Å². The molecular weight excluding hydrogens is 749 g/mol. The van der Waals surface area contributed by atoms with Gasteiger partial charge in [0.2, 0.25) is 0 Å². The average molecular weight is 809 g/mol. The summed E-state index contributed by atoms with van der Waals surface area (Å²) < 4.78 is 0. The van der Waals surface area contributed by atoms with Crippen LogP contribution in [0.2, 0.25) is 0 Å². The third kappa shape index (κ3) is 5.34. The van der Waals surface area contributed by atoms with E-state index in [4.69, 9.17) is 0 Å². The molecule has 2 nitrogen and oxygen atoms in total. The Kier molecular flexibility index (Phi) is 8.58. The number of nitrogens with zero attached hydrogens (tertiary/aromatic N) is 2. The van der Waals surface area contributed by atoms with Crippen LogP contribution in [0.3, 0.4) is 0 Å². The molecule has 2 heterocycles. The highest BCUT2D eigenvalue weighted by Crippen LogP contribution is 2.62. The minimum atomic E-state index is 0.0253. The first-order valence-electron chi connectivity index (χ1n) is 23.9. The van der Waals surface area contributed by atoms with Crippen LogP contribution in [0.4, 0.5) is 22.7 Å². The van der Waals surface area contributed by atoms with E-state index in [1.807, 2.05) is 0 Å². The second kappa shape index (κ2) is 14.0. The van der Waals surface area contributed by atoms with Crippen molar-refractivity contribution in [3.63, 3.8) is 0 Å². The lowest BCUT2D eigenvalue weighted by atomic mass is 9.63. The fourth-order valence-electron chi connectivity index (χ4n) is 13.7. The Hall–Kier alpha value is -5.60. The van der Waals surface area contributed by atoms with Crippen LogP contribution in [0, 0.1) is 0 Å². The van der Waals surface area contributed by atoms with Crippen molar-refractivity contribution in [2.24, 2.45) is 0 Å². The smallest absolute Gasteiger partial charge is 0.0517 e. The third-order valence-corrected chi connectivity index (χ3v) is 17.4. The van der Waals surface area contributed by atoms with E-state index < -0.39 is 0 Å². The molecule has 4 atom stereocenters. The lowest BCUT2D eigenvalue weighted by molar-refractivity contribution is 0.218. The summed E-state index contributed by atoms with van der Waals surface area (Å²) in [5.74, 6) is 0. The zero-order valence-electron chi connectivity index (χ0n) is 37.2. The Morgan fingerprint density at radius 3 is 1.06 bits per heavy atom. The summed E-state index contributed by atoms with van der Waals surface area (Å²) in [4.78, 5) is 5.42. The van der Waals surface area contributed by atoms with E-state index in [0.29, 0.717) is 0 Å². The van der Waals surface area contributed by atoms with Crippen molar-refractivity contribution in [1.82, 2.24) is 0 Å². The lowest BCUT2D eigenvalue weighted by Gasteiger charge is -2.48. The Bertz CT molecular complexity index is 2730. The van der Waals surface area contributed by atoms with Crippen molar-refractivity contribution < 1.29 is 0 Å². The first kappa shape index (κ1) is 38.1. The maximum Gasteiger partial charge on any atom is 0.0517 e. The van der Waals surface area contributed by atoms with Gasteiger partial charge in [-0.25, -0.2) is 0 Å². The number of fused-ring (bicyclic) bond motifs is 6. The minimum absolute atomic E-state index is 0.0253. The normalized spacial score (nSPS) is 26.1. The summed E-state index contributed by atoms with van der Waals surface area (Å²) in [6.07, 6.45) is 15.4. The van der Waals surface area contributed by atoms with Gasteiger partial charge >= 0.3 is 0 Å². The molecule has 0 N–H and O–H groups in total. The minimum Gasteiger partial charge on any atom is -0.334 e. The van der Waals surface area contributed by atoms with E-state index in [0.717, 1.165) is 0 Å². The van der Waals surface area contributed by atoms with Gasteiger partial charge in [0.25, 0.3) is 0 Å². The van der Waals surface area contributed by atoms with E-state index in [1.54, 1.807) is 0 Å². The lowest BCUT2D eigenvalue weighted by Crippen LogP contribution is -2.53. The van der Waals surface area contributed by atoms with Gasteiger partial charge in [-0.1, -0.05) is 138 Å². The SMILES string of the molecule is CC12CCCCCCC1(C)N(c1ccccc1)c1ccc(-c3cc4ccc5cc(-c6ccc7c(c6)C6(C)CCCCCCC6(C)N7c6ccccc6)cc6ccc(c3)c4c56)cc12. The van der Waals surface area contributed by atoms with Crippen LogP contribution in [-0.4, -0.2) is 11.1 Å². The summed E-state index contributed by atoms with van der Waals surface area (Å²) in [7, 11) is 0. The van der Waals surface area contributed by atoms with Gasteiger partial charge < -0.3 is 9.80 Å². The molecule has 2 aliphatic heterocycles. The van der Waals surface area contributed by atoms with Gasteiger partial charge in [-0.2, -0.15) is 0 Å². The predicted octanol–water partition coefficient (Wildman–Crippen LogP) is 17.0. The molecule has 2 saturated carbocycles. The largest absolute Gasteiger partial charge is 0.334 e. The number of hydrogen-bond acceptors (Lipinski definition) is 2. The molecular formula is C60H60N2. The fraction of sp³-hybridized carbons (Fsp3) is 0.333. The summed E-state index contributed by atoms with van der Waals surface area (Å²) in [6.45, 7) is 10.3. The van der Waals surface area contributed by atoms with Gasteiger partial charge in [0.1, 0.15) is 0 Å². The zero-order chi connectivity index (χ0) is 41.8. The number of rotatable bonds is 4. The summed E-state index contributed by atoms with van der Waals surface area (Å²) >= 11 is 0. The molecule has 0 bridgehead atoms. The van der Waals surface area contributed by atoms with E-state index >= 15 is 0 Å². The van der Waals surface area contributed by atoms with Crippen LogP contribution in [0.25, 0.3) is 54.6 Å². The molecule has 8 aromatic carbocycles. The molecule has 2 heteroatoms. The first-order valence-corrected chi connectivity index (χ1v) is 23.9. The fourth-order valence-corrected chi connectivity index (χ4v) is 13.7. The Balaban J connectivity index is 0.947. The van der Waals surface area contributed by atoms with Crippen LogP contribution in [0.1, 0.15) is 116 Å². The second-order valence-corrected chi connectivity index (χ2v) is 20.6. The first-order chi connectivity index (χ1) is 30.2. The molecule has 0 amide bonds. The van der Waals surface area contributed by atoms with Gasteiger partial charge in [0.15, 0.2) is 0 Å². The highest BCUT2D eigenvalue weighted by Gasteiger charge is 2.57. The van der Waals surface area contributed by atoms with Gasteiger partial charge in [-0.15, -0.1) is 0 Å². The Morgan fingerprint density at radius 2 is 0.694 bits per heavy atom. The van der Waals surface area contributed by atoms with Crippen LogP contribution in [0.15, 0.2) is 146 Å². The van der Waals surface area contributed by atoms with Gasteiger partial charge in [-0.3, -0.25) is 0 Å². The molecule has 62 heavy (non-hydrogen) atoms.